The van der Waals surface area contributed by atoms with Crippen molar-refractivity contribution in [2.24, 2.45) is 0 Å². The molecule has 0 saturated carbocycles. The Morgan fingerprint density at radius 1 is 0.500 bits per heavy atom. The van der Waals surface area contributed by atoms with Gasteiger partial charge in [0.15, 0.2) is 0 Å². The molecule has 0 aromatic heterocycles. The Morgan fingerprint density at radius 3 is 1.38 bits per heavy atom. The first-order valence-electron chi connectivity index (χ1n) is 18.3. The fraction of sp³-hybridized carbons (Fsp3) is 0.600. The maximum atomic E-state index is 12.4. The summed E-state index contributed by atoms with van der Waals surface area (Å²) in [5.41, 5.74) is 2.13. The number of hydrogen-bond donors (Lipinski definition) is 2. The highest BCUT2D eigenvalue weighted by molar-refractivity contribution is 6.03. The van der Waals surface area contributed by atoms with E-state index in [1.54, 1.807) is 30.3 Å². The highest BCUT2D eigenvalue weighted by Gasteiger charge is 2.22. The molecule has 0 unspecified atom stereocenters. The number of carbonyl (C=O) groups excluding carboxylic acids is 2. The number of hydrogen-bond acceptors (Lipinski definition) is 6. The molecule has 0 saturated heterocycles. The molecule has 0 amide bonds. The summed E-state index contributed by atoms with van der Waals surface area (Å²) in [6.45, 7) is 9.29. The van der Waals surface area contributed by atoms with E-state index in [-0.39, 0.29) is 11.1 Å². The summed E-state index contributed by atoms with van der Waals surface area (Å²) in [5, 5.41) is 18.5. The first-order valence-corrected chi connectivity index (χ1v) is 18.3. The van der Waals surface area contributed by atoms with E-state index in [1.807, 2.05) is 6.92 Å². The Balaban J connectivity index is 0.000000507. The normalized spacial score (nSPS) is 10.6. The zero-order valence-corrected chi connectivity index (χ0v) is 30.0. The van der Waals surface area contributed by atoms with Crippen LogP contribution in [0, 0.1) is 0 Å². The van der Waals surface area contributed by atoms with Gasteiger partial charge < -0.3 is 19.7 Å². The number of aromatic carboxylic acids is 2. The molecule has 0 aliphatic carbocycles. The number of carboxylic acid groups (broad SMARTS) is 2. The number of rotatable bonds is 24. The summed E-state index contributed by atoms with van der Waals surface area (Å²) in [6, 6.07) is 9.94. The van der Waals surface area contributed by atoms with E-state index in [0.717, 1.165) is 63.4 Å². The molecular formula is C40H60O8. The van der Waals surface area contributed by atoms with Crippen LogP contribution in [0.5, 0.6) is 0 Å². The number of carboxylic acids is 2. The van der Waals surface area contributed by atoms with Crippen molar-refractivity contribution in [2.75, 3.05) is 13.2 Å². The third-order valence-corrected chi connectivity index (χ3v) is 8.26. The highest BCUT2D eigenvalue weighted by atomic mass is 16.5. The van der Waals surface area contributed by atoms with Crippen LogP contribution >= 0.6 is 0 Å². The van der Waals surface area contributed by atoms with Gasteiger partial charge in [0.1, 0.15) is 0 Å². The Kier molecular flexibility index (Phi) is 23.2. The van der Waals surface area contributed by atoms with Gasteiger partial charge in [0.25, 0.3) is 0 Å². The maximum absolute atomic E-state index is 12.4. The summed E-state index contributed by atoms with van der Waals surface area (Å²) in [4.78, 5) is 47.4. The predicted molar refractivity (Wildman–Crippen MR) is 191 cm³/mol. The van der Waals surface area contributed by atoms with Gasteiger partial charge in [0.05, 0.1) is 35.5 Å². The van der Waals surface area contributed by atoms with Crippen LogP contribution in [0.2, 0.25) is 0 Å². The second-order valence-corrected chi connectivity index (χ2v) is 12.3. The van der Waals surface area contributed by atoms with Gasteiger partial charge in [0.2, 0.25) is 0 Å². The summed E-state index contributed by atoms with van der Waals surface area (Å²) in [7, 11) is 0. The largest absolute Gasteiger partial charge is 0.478 e. The molecule has 0 spiro atoms. The Bertz CT molecular complexity index is 1190. The van der Waals surface area contributed by atoms with Crippen LogP contribution in [-0.4, -0.2) is 47.3 Å². The lowest BCUT2D eigenvalue weighted by Crippen LogP contribution is -2.15. The molecule has 0 heterocycles. The van der Waals surface area contributed by atoms with Crippen LogP contribution in [0.15, 0.2) is 36.4 Å². The third kappa shape index (κ3) is 16.4. The van der Waals surface area contributed by atoms with Gasteiger partial charge >= 0.3 is 23.9 Å². The minimum Gasteiger partial charge on any atom is -0.478 e. The summed E-state index contributed by atoms with van der Waals surface area (Å²) in [6.07, 6.45) is 18.9. The van der Waals surface area contributed by atoms with Gasteiger partial charge in [-0.3, -0.25) is 0 Å². The number of aryl methyl sites for hydroxylation is 1. The van der Waals surface area contributed by atoms with Gasteiger partial charge in [0, 0.05) is 0 Å². The number of carbonyl (C=O) groups is 4. The topological polar surface area (TPSA) is 127 Å². The van der Waals surface area contributed by atoms with Crippen molar-refractivity contribution in [3.63, 3.8) is 0 Å². The molecule has 2 aromatic carbocycles. The lowest BCUT2D eigenvalue weighted by atomic mass is 9.90. The molecule has 8 nitrogen and oxygen atoms in total. The summed E-state index contributed by atoms with van der Waals surface area (Å²) < 4.78 is 10.7. The molecule has 48 heavy (non-hydrogen) atoms. The van der Waals surface area contributed by atoms with Crippen molar-refractivity contribution in [1.29, 1.82) is 0 Å². The Hall–Kier alpha value is -3.68. The van der Waals surface area contributed by atoms with Crippen molar-refractivity contribution < 1.29 is 38.9 Å². The molecular weight excluding hydrogens is 608 g/mol. The maximum Gasteiger partial charge on any atom is 0.339 e. The van der Waals surface area contributed by atoms with E-state index < -0.39 is 23.9 Å². The molecule has 2 aromatic rings. The molecule has 0 aliphatic heterocycles. The highest BCUT2D eigenvalue weighted by Crippen LogP contribution is 2.24. The minimum atomic E-state index is -1.18. The van der Waals surface area contributed by atoms with Crippen molar-refractivity contribution in [1.82, 2.24) is 0 Å². The number of unbranched alkanes of at least 4 members (excludes halogenated alkanes) is 12. The smallest absolute Gasteiger partial charge is 0.339 e. The van der Waals surface area contributed by atoms with E-state index in [1.165, 1.54) is 57.4 Å². The standard InChI is InChI=1S/C24H38O4.C16H22O4/c1-3-5-7-9-11-15-19-27-23(25)21-17-13-14-18-22(21)24(26)28-20-16-12-10-8-6-4-2;1-3-5-7-11-9-10-13(15(17)18)14(16(19)20)12(11)8-6-4-2/h13-14,17-18H,3-12,15-16,19-20H2,1-2H3;9-10H,3-8H2,1-2H3,(H,17,18)(H,19,20). The molecule has 8 heteroatoms. The minimum absolute atomic E-state index is 0.0282. The van der Waals surface area contributed by atoms with Crippen molar-refractivity contribution in [2.45, 2.75) is 143 Å². The predicted octanol–water partition coefficient (Wildman–Crippen LogP) is 10.5. The van der Waals surface area contributed by atoms with Crippen LogP contribution in [-0.2, 0) is 22.3 Å². The van der Waals surface area contributed by atoms with Gasteiger partial charge in [-0.25, -0.2) is 19.2 Å². The lowest BCUT2D eigenvalue weighted by molar-refractivity contribution is 0.0450. The number of esters is 2. The second kappa shape index (κ2) is 26.3. The first-order chi connectivity index (χ1) is 23.2. The van der Waals surface area contributed by atoms with Crippen LogP contribution < -0.4 is 0 Å². The molecule has 0 atom stereocenters. The van der Waals surface area contributed by atoms with E-state index in [9.17, 15) is 24.3 Å². The van der Waals surface area contributed by atoms with E-state index >= 15 is 0 Å². The van der Waals surface area contributed by atoms with Gasteiger partial charge in [-0.1, -0.05) is 123 Å². The molecule has 2 rings (SSSR count). The third-order valence-electron chi connectivity index (χ3n) is 8.26. The fourth-order valence-electron chi connectivity index (χ4n) is 5.44. The van der Waals surface area contributed by atoms with E-state index in [2.05, 4.69) is 20.8 Å². The number of ether oxygens (including phenoxy) is 2. The Morgan fingerprint density at radius 2 is 0.938 bits per heavy atom. The van der Waals surface area contributed by atoms with E-state index in [4.69, 9.17) is 14.6 Å². The van der Waals surface area contributed by atoms with Crippen LogP contribution in [0.4, 0.5) is 0 Å². The molecule has 2 N–H and O–H groups in total. The zero-order valence-electron chi connectivity index (χ0n) is 30.0. The van der Waals surface area contributed by atoms with Crippen LogP contribution in [0.1, 0.15) is 183 Å². The molecule has 0 radical (unpaired) electrons. The van der Waals surface area contributed by atoms with Crippen molar-refractivity contribution >= 4 is 23.9 Å². The zero-order chi connectivity index (χ0) is 35.6. The lowest BCUT2D eigenvalue weighted by Gasteiger charge is -2.14. The molecule has 0 fully saturated rings. The first kappa shape index (κ1) is 42.3. The molecule has 0 aliphatic rings. The summed E-state index contributed by atoms with van der Waals surface area (Å²) >= 11 is 0. The van der Waals surface area contributed by atoms with Crippen molar-refractivity contribution in [3.8, 4) is 0 Å². The van der Waals surface area contributed by atoms with Gasteiger partial charge in [-0.15, -0.1) is 0 Å². The Labute approximate surface area is 288 Å². The van der Waals surface area contributed by atoms with Crippen molar-refractivity contribution in [3.05, 3.63) is 69.8 Å². The summed E-state index contributed by atoms with van der Waals surface area (Å²) in [5.74, 6) is -3.21. The van der Waals surface area contributed by atoms with E-state index in [0.29, 0.717) is 36.3 Å². The quantitative estimate of drug-likeness (QED) is 0.0835. The second-order valence-electron chi connectivity index (χ2n) is 12.3. The SMILES string of the molecule is CCCCCCCCOC(=O)c1ccccc1C(=O)OCCCCCCCC.CCCCc1ccc(C(=O)O)c(C(=O)O)c1CCCC. The van der Waals surface area contributed by atoms with Crippen LogP contribution in [0.25, 0.3) is 0 Å². The molecule has 268 valence electrons. The monoisotopic (exact) mass is 668 g/mol. The van der Waals surface area contributed by atoms with Gasteiger partial charge in [-0.05, 0) is 67.9 Å². The average molecular weight is 669 g/mol. The average Bonchev–Trinajstić information content (AvgIpc) is 3.08. The van der Waals surface area contributed by atoms with Crippen LogP contribution in [0.3, 0.4) is 0 Å². The van der Waals surface area contributed by atoms with Gasteiger partial charge in [-0.2, -0.15) is 0 Å². The molecule has 0 bridgehead atoms. The fourth-order valence-corrected chi connectivity index (χ4v) is 5.44. The number of benzene rings is 2.